The van der Waals surface area contributed by atoms with Crippen molar-refractivity contribution in [1.82, 2.24) is 10.2 Å². The van der Waals surface area contributed by atoms with Gasteiger partial charge in [-0.15, -0.1) is 0 Å². The summed E-state index contributed by atoms with van der Waals surface area (Å²) in [6.07, 6.45) is 1.16. The van der Waals surface area contributed by atoms with Crippen LogP contribution in [0, 0.1) is 6.92 Å². The first-order valence-electron chi connectivity index (χ1n) is 9.52. The highest BCUT2D eigenvalue weighted by Crippen LogP contribution is 2.24. The first kappa shape index (κ1) is 20.9. The normalized spacial score (nSPS) is 11.1. The molecule has 0 amide bonds. The van der Waals surface area contributed by atoms with Gasteiger partial charge in [-0.3, -0.25) is 0 Å². The van der Waals surface area contributed by atoms with Gasteiger partial charge in [0.15, 0.2) is 0 Å². The Hall–Kier alpha value is -1.36. The van der Waals surface area contributed by atoms with Crippen molar-refractivity contribution in [3.05, 3.63) is 63.6 Å². The summed E-state index contributed by atoms with van der Waals surface area (Å²) in [5.41, 5.74) is 3.65. The molecular weight excluding hydrogens is 388 g/mol. The second-order valence-corrected chi connectivity index (χ2v) is 7.50. The van der Waals surface area contributed by atoms with E-state index in [2.05, 4.69) is 77.2 Å². The fraction of sp³-hybridized carbons (Fsp3) is 0.455. The summed E-state index contributed by atoms with van der Waals surface area (Å²) in [5, 5.41) is 3.55. The van der Waals surface area contributed by atoms with Crippen molar-refractivity contribution < 1.29 is 4.74 Å². The molecule has 0 atom stereocenters. The first-order valence-corrected chi connectivity index (χ1v) is 10.3. The standard InChI is InChI=1S/C22H31BrN2O/c1-4-25(5-2)14-6-13-24-16-20-15-21(23)11-12-22(20)26-17-19-9-7-18(3)8-10-19/h7-12,15,24H,4-6,13-14,16-17H2,1-3H3. The molecule has 2 rings (SSSR count). The predicted molar refractivity (Wildman–Crippen MR) is 114 cm³/mol. The predicted octanol–water partition coefficient (Wildman–Crippen LogP) is 5.16. The molecule has 0 aliphatic carbocycles. The van der Waals surface area contributed by atoms with Crippen LogP contribution in [0.4, 0.5) is 0 Å². The van der Waals surface area contributed by atoms with Gasteiger partial charge in [-0.05, 0) is 63.3 Å². The highest BCUT2D eigenvalue weighted by atomic mass is 79.9. The van der Waals surface area contributed by atoms with Crippen molar-refractivity contribution in [3.63, 3.8) is 0 Å². The van der Waals surface area contributed by atoms with Crippen LogP contribution in [-0.4, -0.2) is 31.1 Å². The summed E-state index contributed by atoms with van der Waals surface area (Å²) < 4.78 is 7.16. The zero-order valence-corrected chi connectivity index (χ0v) is 17.8. The summed E-state index contributed by atoms with van der Waals surface area (Å²) in [6, 6.07) is 14.7. The third-order valence-corrected chi connectivity index (χ3v) is 5.07. The second-order valence-electron chi connectivity index (χ2n) is 6.58. The van der Waals surface area contributed by atoms with Crippen LogP contribution in [-0.2, 0) is 13.2 Å². The van der Waals surface area contributed by atoms with Gasteiger partial charge in [0.1, 0.15) is 12.4 Å². The fourth-order valence-corrected chi connectivity index (χ4v) is 3.27. The van der Waals surface area contributed by atoms with Gasteiger partial charge in [0, 0.05) is 16.6 Å². The Labute approximate surface area is 166 Å². The number of nitrogens with one attached hydrogen (secondary N) is 1. The van der Waals surface area contributed by atoms with Crippen LogP contribution < -0.4 is 10.1 Å². The van der Waals surface area contributed by atoms with Crippen molar-refractivity contribution in [2.45, 2.75) is 40.3 Å². The lowest BCUT2D eigenvalue weighted by Gasteiger charge is -2.18. The Morgan fingerprint density at radius 1 is 1.04 bits per heavy atom. The molecule has 0 bridgehead atoms. The topological polar surface area (TPSA) is 24.5 Å². The van der Waals surface area contributed by atoms with Crippen LogP contribution in [0.3, 0.4) is 0 Å². The largest absolute Gasteiger partial charge is 0.489 e. The van der Waals surface area contributed by atoms with E-state index in [4.69, 9.17) is 4.74 Å². The van der Waals surface area contributed by atoms with Gasteiger partial charge in [-0.25, -0.2) is 0 Å². The van der Waals surface area contributed by atoms with E-state index in [0.717, 1.165) is 49.4 Å². The SMILES string of the molecule is CCN(CC)CCCNCc1cc(Br)ccc1OCc1ccc(C)cc1. The van der Waals surface area contributed by atoms with Gasteiger partial charge in [0.05, 0.1) is 0 Å². The highest BCUT2D eigenvalue weighted by molar-refractivity contribution is 9.10. The van der Waals surface area contributed by atoms with Crippen LogP contribution in [0.25, 0.3) is 0 Å². The first-order chi connectivity index (χ1) is 12.6. The number of halogens is 1. The molecule has 0 aromatic heterocycles. The van der Waals surface area contributed by atoms with E-state index in [1.165, 1.54) is 16.7 Å². The molecule has 2 aromatic carbocycles. The summed E-state index contributed by atoms with van der Waals surface area (Å²) in [6.45, 7) is 12.4. The molecule has 0 unspecified atom stereocenters. The number of ether oxygens (including phenoxy) is 1. The van der Waals surface area contributed by atoms with Gasteiger partial charge in [0.2, 0.25) is 0 Å². The van der Waals surface area contributed by atoms with E-state index in [1.807, 2.05) is 12.1 Å². The smallest absolute Gasteiger partial charge is 0.124 e. The molecule has 0 heterocycles. The van der Waals surface area contributed by atoms with Crippen molar-refractivity contribution in [2.75, 3.05) is 26.2 Å². The van der Waals surface area contributed by atoms with Crippen LogP contribution in [0.1, 0.15) is 37.0 Å². The second kappa shape index (κ2) is 11.4. The molecule has 0 saturated heterocycles. The highest BCUT2D eigenvalue weighted by Gasteiger charge is 2.06. The fourth-order valence-electron chi connectivity index (χ4n) is 2.86. The monoisotopic (exact) mass is 418 g/mol. The molecule has 0 spiro atoms. The number of rotatable bonds is 11. The maximum atomic E-state index is 6.08. The van der Waals surface area contributed by atoms with Gasteiger partial charge in [0.25, 0.3) is 0 Å². The summed E-state index contributed by atoms with van der Waals surface area (Å²) in [7, 11) is 0. The molecule has 1 N–H and O–H groups in total. The molecule has 142 valence electrons. The summed E-state index contributed by atoms with van der Waals surface area (Å²) in [5.74, 6) is 0.949. The number of aryl methyl sites for hydroxylation is 1. The average molecular weight is 419 g/mol. The zero-order valence-electron chi connectivity index (χ0n) is 16.2. The third kappa shape index (κ3) is 7.10. The molecule has 0 radical (unpaired) electrons. The lowest BCUT2D eigenvalue weighted by Crippen LogP contribution is -2.27. The molecule has 0 aliphatic rings. The Bertz CT molecular complexity index is 654. The molecule has 2 aromatic rings. The third-order valence-electron chi connectivity index (χ3n) is 4.58. The Morgan fingerprint density at radius 2 is 1.77 bits per heavy atom. The van der Waals surface area contributed by atoms with Gasteiger partial charge in [-0.2, -0.15) is 0 Å². The number of benzene rings is 2. The Kier molecular flexibility index (Phi) is 9.16. The maximum Gasteiger partial charge on any atom is 0.124 e. The quantitative estimate of drug-likeness (QED) is 0.510. The van der Waals surface area contributed by atoms with Crippen molar-refractivity contribution >= 4 is 15.9 Å². The van der Waals surface area contributed by atoms with Crippen LogP contribution in [0.15, 0.2) is 46.9 Å². The summed E-state index contributed by atoms with van der Waals surface area (Å²) >= 11 is 3.57. The Morgan fingerprint density at radius 3 is 2.46 bits per heavy atom. The minimum Gasteiger partial charge on any atom is -0.489 e. The van der Waals surface area contributed by atoms with Crippen molar-refractivity contribution in [3.8, 4) is 5.75 Å². The molecule has 3 nitrogen and oxygen atoms in total. The molecule has 0 aliphatic heterocycles. The minimum atomic E-state index is 0.594. The van der Waals surface area contributed by atoms with E-state index in [1.54, 1.807) is 0 Å². The van der Waals surface area contributed by atoms with Gasteiger partial charge in [-0.1, -0.05) is 59.6 Å². The molecule has 4 heteroatoms. The lowest BCUT2D eigenvalue weighted by molar-refractivity contribution is 0.295. The van der Waals surface area contributed by atoms with Crippen molar-refractivity contribution in [2.24, 2.45) is 0 Å². The molecule has 26 heavy (non-hydrogen) atoms. The minimum absolute atomic E-state index is 0.594. The Balaban J connectivity index is 1.85. The molecular formula is C22H31BrN2O. The zero-order chi connectivity index (χ0) is 18.8. The van der Waals surface area contributed by atoms with Gasteiger partial charge >= 0.3 is 0 Å². The van der Waals surface area contributed by atoms with E-state index in [9.17, 15) is 0 Å². The number of hydrogen-bond donors (Lipinski definition) is 1. The number of hydrogen-bond acceptors (Lipinski definition) is 3. The maximum absolute atomic E-state index is 6.08. The average Bonchev–Trinajstić information content (AvgIpc) is 2.65. The van der Waals surface area contributed by atoms with Crippen LogP contribution in [0.5, 0.6) is 5.75 Å². The van der Waals surface area contributed by atoms with E-state index in [-0.39, 0.29) is 0 Å². The van der Waals surface area contributed by atoms with Gasteiger partial charge < -0.3 is 15.0 Å². The van der Waals surface area contributed by atoms with Crippen LogP contribution in [0.2, 0.25) is 0 Å². The van der Waals surface area contributed by atoms with Crippen LogP contribution >= 0.6 is 15.9 Å². The van der Waals surface area contributed by atoms with E-state index in [0.29, 0.717) is 6.61 Å². The van der Waals surface area contributed by atoms with E-state index < -0.39 is 0 Å². The molecule has 0 fully saturated rings. The van der Waals surface area contributed by atoms with E-state index >= 15 is 0 Å². The summed E-state index contributed by atoms with van der Waals surface area (Å²) in [4.78, 5) is 2.46. The lowest BCUT2D eigenvalue weighted by atomic mass is 10.1. The molecule has 0 saturated carbocycles. The van der Waals surface area contributed by atoms with Crippen molar-refractivity contribution in [1.29, 1.82) is 0 Å². The number of nitrogens with zero attached hydrogens (tertiary/aromatic N) is 1.